The molecular formula is C10H14FN3. The first-order valence-corrected chi connectivity index (χ1v) is 4.76. The number of para-hydroxylation sites is 1. The summed E-state index contributed by atoms with van der Waals surface area (Å²) >= 11 is 0. The van der Waals surface area contributed by atoms with Gasteiger partial charge >= 0.3 is 0 Å². The van der Waals surface area contributed by atoms with E-state index in [1.165, 1.54) is 6.07 Å². The normalized spacial score (nSPS) is 22.4. The summed E-state index contributed by atoms with van der Waals surface area (Å²) in [5.74, 6) is -0.204. The maximum absolute atomic E-state index is 13.4. The van der Waals surface area contributed by atoms with Gasteiger partial charge in [0.15, 0.2) is 0 Å². The number of rotatable bonds is 1. The highest BCUT2D eigenvalue weighted by atomic mass is 19.1. The van der Waals surface area contributed by atoms with E-state index in [0.29, 0.717) is 12.2 Å². The number of hydrogen-bond donors (Lipinski definition) is 2. The smallest absolute Gasteiger partial charge is 0.146 e. The van der Waals surface area contributed by atoms with E-state index in [1.807, 2.05) is 11.0 Å². The first-order valence-electron chi connectivity index (χ1n) is 4.76. The monoisotopic (exact) mass is 195 g/mol. The Morgan fingerprint density at radius 1 is 1.43 bits per heavy atom. The Morgan fingerprint density at radius 2 is 2.21 bits per heavy atom. The molecule has 3 nitrogen and oxygen atoms in total. The lowest BCUT2D eigenvalue weighted by Crippen LogP contribution is -2.56. The molecule has 76 valence electrons. The predicted molar refractivity (Wildman–Crippen MR) is 54.6 cm³/mol. The fourth-order valence-electron chi connectivity index (χ4n) is 1.71. The quantitative estimate of drug-likeness (QED) is 0.686. The van der Waals surface area contributed by atoms with Crippen molar-refractivity contribution in [2.24, 2.45) is 5.73 Å². The molecule has 1 aromatic rings. The average molecular weight is 195 g/mol. The standard InChI is InChI=1S/C10H14FN3/c11-8-3-1-2-4-9(8)14-6-5-13-7-10(14)12/h1-4,10,13H,5-7,12H2. The second-order valence-corrected chi connectivity index (χ2v) is 3.42. The van der Waals surface area contributed by atoms with Crippen LogP contribution in [0, 0.1) is 5.82 Å². The molecule has 0 bridgehead atoms. The van der Waals surface area contributed by atoms with E-state index >= 15 is 0 Å². The maximum atomic E-state index is 13.4. The third-order valence-electron chi connectivity index (χ3n) is 2.45. The zero-order chi connectivity index (χ0) is 9.97. The maximum Gasteiger partial charge on any atom is 0.146 e. The molecule has 1 unspecified atom stereocenters. The van der Waals surface area contributed by atoms with E-state index in [9.17, 15) is 4.39 Å². The highest BCUT2D eigenvalue weighted by Gasteiger charge is 2.20. The molecule has 1 saturated heterocycles. The van der Waals surface area contributed by atoms with Gasteiger partial charge in [-0.05, 0) is 12.1 Å². The summed E-state index contributed by atoms with van der Waals surface area (Å²) in [6, 6.07) is 6.74. The van der Waals surface area contributed by atoms with Crippen LogP contribution in [0.25, 0.3) is 0 Å². The Balaban J connectivity index is 2.25. The molecular weight excluding hydrogens is 181 g/mol. The molecule has 1 aliphatic rings. The minimum Gasteiger partial charge on any atom is -0.351 e. The zero-order valence-electron chi connectivity index (χ0n) is 7.91. The number of nitrogens with one attached hydrogen (secondary N) is 1. The fourth-order valence-corrected chi connectivity index (χ4v) is 1.71. The summed E-state index contributed by atoms with van der Waals surface area (Å²) in [5, 5.41) is 3.16. The van der Waals surface area contributed by atoms with E-state index in [-0.39, 0.29) is 12.0 Å². The first kappa shape index (κ1) is 9.43. The molecule has 3 N–H and O–H groups in total. The number of piperazine rings is 1. The molecule has 0 radical (unpaired) electrons. The number of anilines is 1. The summed E-state index contributed by atoms with van der Waals surface area (Å²) in [7, 11) is 0. The van der Waals surface area contributed by atoms with Gasteiger partial charge in [-0.25, -0.2) is 4.39 Å². The van der Waals surface area contributed by atoms with Gasteiger partial charge in [-0.15, -0.1) is 0 Å². The number of hydrogen-bond acceptors (Lipinski definition) is 3. The number of nitrogens with zero attached hydrogens (tertiary/aromatic N) is 1. The predicted octanol–water partition coefficient (Wildman–Crippen LogP) is 0.520. The van der Waals surface area contributed by atoms with Gasteiger partial charge in [0, 0.05) is 19.6 Å². The van der Waals surface area contributed by atoms with Crippen LogP contribution in [0.15, 0.2) is 24.3 Å². The molecule has 1 heterocycles. The Kier molecular flexibility index (Phi) is 2.65. The first-order chi connectivity index (χ1) is 6.79. The lowest BCUT2D eigenvalue weighted by atomic mass is 10.2. The molecule has 0 saturated carbocycles. The van der Waals surface area contributed by atoms with Crippen molar-refractivity contribution < 1.29 is 4.39 Å². The van der Waals surface area contributed by atoms with Gasteiger partial charge < -0.3 is 16.0 Å². The molecule has 1 aliphatic heterocycles. The van der Waals surface area contributed by atoms with Crippen LogP contribution >= 0.6 is 0 Å². The van der Waals surface area contributed by atoms with Crippen LogP contribution < -0.4 is 16.0 Å². The van der Waals surface area contributed by atoms with Crippen molar-refractivity contribution >= 4 is 5.69 Å². The molecule has 14 heavy (non-hydrogen) atoms. The van der Waals surface area contributed by atoms with Crippen LogP contribution in [-0.2, 0) is 0 Å². The van der Waals surface area contributed by atoms with Gasteiger partial charge in [0.05, 0.1) is 11.9 Å². The van der Waals surface area contributed by atoms with Crippen molar-refractivity contribution in [3.63, 3.8) is 0 Å². The molecule has 0 spiro atoms. The third-order valence-corrected chi connectivity index (χ3v) is 2.45. The molecule has 1 fully saturated rings. The molecule has 2 rings (SSSR count). The molecule has 1 aromatic carbocycles. The van der Waals surface area contributed by atoms with Crippen LogP contribution in [-0.4, -0.2) is 25.8 Å². The zero-order valence-corrected chi connectivity index (χ0v) is 7.91. The lowest BCUT2D eigenvalue weighted by Gasteiger charge is -2.35. The number of benzene rings is 1. The van der Waals surface area contributed by atoms with Crippen molar-refractivity contribution in [2.45, 2.75) is 6.17 Å². The van der Waals surface area contributed by atoms with Crippen LogP contribution in [0.2, 0.25) is 0 Å². The number of halogens is 1. The minimum atomic E-state index is -0.204. The van der Waals surface area contributed by atoms with Crippen LogP contribution in [0.4, 0.5) is 10.1 Å². The highest BCUT2D eigenvalue weighted by Crippen LogP contribution is 2.20. The summed E-state index contributed by atoms with van der Waals surface area (Å²) < 4.78 is 13.4. The Morgan fingerprint density at radius 3 is 2.93 bits per heavy atom. The van der Waals surface area contributed by atoms with Crippen molar-refractivity contribution in [3.05, 3.63) is 30.1 Å². The minimum absolute atomic E-state index is 0.138. The molecule has 0 aliphatic carbocycles. The van der Waals surface area contributed by atoms with E-state index in [2.05, 4.69) is 5.32 Å². The SMILES string of the molecule is NC1CNCCN1c1ccccc1F. The van der Waals surface area contributed by atoms with Gasteiger partial charge in [0.2, 0.25) is 0 Å². The van der Waals surface area contributed by atoms with Crippen LogP contribution in [0.3, 0.4) is 0 Å². The summed E-state index contributed by atoms with van der Waals surface area (Å²) in [4.78, 5) is 1.89. The van der Waals surface area contributed by atoms with Crippen molar-refractivity contribution in [3.8, 4) is 0 Å². The van der Waals surface area contributed by atoms with Crippen molar-refractivity contribution in [2.75, 3.05) is 24.5 Å². The van der Waals surface area contributed by atoms with Gasteiger partial charge in [-0.2, -0.15) is 0 Å². The summed E-state index contributed by atoms with van der Waals surface area (Å²) in [6.45, 7) is 2.30. The van der Waals surface area contributed by atoms with Crippen molar-refractivity contribution in [1.29, 1.82) is 0 Å². The Labute approximate surface area is 82.7 Å². The van der Waals surface area contributed by atoms with E-state index < -0.39 is 0 Å². The largest absolute Gasteiger partial charge is 0.351 e. The Hall–Kier alpha value is -1.13. The highest BCUT2D eigenvalue weighted by molar-refractivity contribution is 5.48. The molecule has 0 aromatic heterocycles. The topological polar surface area (TPSA) is 41.3 Å². The average Bonchev–Trinajstić information content (AvgIpc) is 2.20. The summed E-state index contributed by atoms with van der Waals surface area (Å²) in [5.41, 5.74) is 6.48. The summed E-state index contributed by atoms with van der Waals surface area (Å²) in [6.07, 6.45) is -0.138. The van der Waals surface area contributed by atoms with Gasteiger partial charge in [0.25, 0.3) is 0 Å². The fraction of sp³-hybridized carbons (Fsp3) is 0.400. The van der Waals surface area contributed by atoms with E-state index in [4.69, 9.17) is 5.73 Å². The van der Waals surface area contributed by atoms with Gasteiger partial charge in [0.1, 0.15) is 5.82 Å². The van der Waals surface area contributed by atoms with Crippen LogP contribution in [0.1, 0.15) is 0 Å². The van der Waals surface area contributed by atoms with Gasteiger partial charge in [-0.1, -0.05) is 12.1 Å². The van der Waals surface area contributed by atoms with Gasteiger partial charge in [-0.3, -0.25) is 0 Å². The third kappa shape index (κ3) is 1.71. The Bertz CT molecular complexity index is 316. The lowest BCUT2D eigenvalue weighted by molar-refractivity contribution is 0.477. The molecule has 1 atom stereocenters. The number of nitrogens with two attached hydrogens (primary N) is 1. The molecule has 0 amide bonds. The van der Waals surface area contributed by atoms with E-state index in [0.717, 1.165) is 13.1 Å². The van der Waals surface area contributed by atoms with E-state index in [1.54, 1.807) is 12.1 Å². The van der Waals surface area contributed by atoms with Crippen molar-refractivity contribution in [1.82, 2.24) is 5.32 Å². The second kappa shape index (κ2) is 3.94. The van der Waals surface area contributed by atoms with Crippen LogP contribution in [0.5, 0.6) is 0 Å². The molecule has 4 heteroatoms. The second-order valence-electron chi connectivity index (χ2n) is 3.42.